The maximum atomic E-state index is 12.1. The van der Waals surface area contributed by atoms with Gasteiger partial charge in [-0.2, -0.15) is 0 Å². The molecule has 0 aliphatic carbocycles. The van der Waals surface area contributed by atoms with Crippen molar-refractivity contribution < 1.29 is 28.8 Å². The Bertz CT molecular complexity index is 930. The van der Waals surface area contributed by atoms with Crippen LogP contribution in [0.1, 0.15) is 17.3 Å². The number of para-hydroxylation sites is 2. The number of benzene rings is 2. The van der Waals surface area contributed by atoms with E-state index in [1.807, 2.05) is 0 Å². The van der Waals surface area contributed by atoms with Crippen LogP contribution in [0.4, 0.5) is 11.4 Å². The number of esters is 1. The largest absolute Gasteiger partial charge is 0.497 e. The highest BCUT2D eigenvalue weighted by Crippen LogP contribution is 2.23. The van der Waals surface area contributed by atoms with E-state index in [-0.39, 0.29) is 11.4 Å². The van der Waals surface area contributed by atoms with Gasteiger partial charge in [0, 0.05) is 11.6 Å². The van der Waals surface area contributed by atoms with Gasteiger partial charge in [0.2, 0.25) is 0 Å². The van der Waals surface area contributed by atoms with E-state index in [1.54, 1.807) is 18.2 Å². The fourth-order valence-corrected chi connectivity index (χ4v) is 2.28. The minimum atomic E-state index is -1.23. The fourth-order valence-electron chi connectivity index (χ4n) is 2.28. The first-order chi connectivity index (χ1) is 13.8. The average molecular weight is 401 g/mol. The van der Waals surface area contributed by atoms with Crippen LogP contribution in [0.3, 0.4) is 0 Å². The highest BCUT2D eigenvalue weighted by atomic mass is 16.6. The molecule has 0 unspecified atom stereocenters. The number of nitro benzene ring substituents is 1. The monoisotopic (exact) mass is 401 g/mol. The van der Waals surface area contributed by atoms with Crippen molar-refractivity contribution in [1.29, 1.82) is 0 Å². The van der Waals surface area contributed by atoms with Gasteiger partial charge >= 0.3 is 5.97 Å². The number of ether oxygens (including phenoxy) is 2. The van der Waals surface area contributed by atoms with Crippen LogP contribution in [0.2, 0.25) is 0 Å². The Labute approximate surface area is 166 Å². The zero-order valence-corrected chi connectivity index (χ0v) is 15.7. The van der Waals surface area contributed by atoms with Crippen LogP contribution < -0.4 is 15.4 Å². The molecule has 0 heterocycles. The third-order valence-electron chi connectivity index (χ3n) is 3.76. The molecular formula is C19H19N3O7. The summed E-state index contributed by atoms with van der Waals surface area (Å²) in [4.78, 5) is 46.4. The number of carbonyl (C=O) groups excluding carboxylic acids is 3. The van der Waals surface area contributed by atoms with Crippen LogP contribution in [0.5, 0.6) is 5.75 Å². The molecule has 0 bridgehead atoms. The number of nitro groups is 1. The quantitative estimate of drug-likeness (QED) is 0.391. The van der Waals surface area contributed by atoms with Crippen molar-refractivity contribution >= 4 is 29.2 Å². The second-order valence-corrected chi connectivity index (χ2v) is 5.81. The second-order valence-electron chi connectivity index (χ2n) is 5.81. The number of nitrogens with zero attached hydrogens (tertiary/aromatic N) is 1. The molecule has 29 heavy (non-hydrogen) atoms. The molecule has 0 fully saturated rings. The van der Waals surface area contributed by atoms with Crippen LogP contribution in [0, 0.1) is 10.1 Å². The summed E-state index contributed by atoms with van der Waals surface area (Å²) >= 11 is 0. The molecule has 2 aromatic rings. The van der Waals surface area contributed by atoms with Crippen LogP contribution in [0.25, 0.3) is 0 Å². The second kappa shape index (κ2) is 9.83. The fraction of sp³-hybridized carbons (Fsp3) is 0.211. The summed E-state index contributed by atoms with van der Waals surface area (Å²) in [5.74, 6) is -1.61. The summed E-state index contributed by atoms with van der Waals surface area (Å²) in [6, 6.07) is 11.9. The molecule has 10 heteroatoms. The van der Waals surface area contributed by atoms with Crippen molar-refractivity contribution in [3.05, 3.63) is 64.2 Å². The average Bonchev–Trinajstić information content (AvgIpc) is 2.72. The van der Waals surface area contributed by atoms with Crippen molar-refractivity contribution in [3.8, 4) is 5.75 Å². The van der Waals surface area contributed by atoms with Gasteiger partial charge in [0.15, 0.2) is 6.10 Å². The van der Waals surface area contributed by atoms with Crippen LogP contribution in [0.15, 0.2) is 48.5 Å². The van der Waals surface area contributed by atoms with E-state index in [1.165, 1.54) is 44.4 Å². The van der Waals surface area contributed by atoms with Crippen LogP contribution in [-0.4, -0.2) is 42.5 Å². The van der Waals surface area contributed by atoms with E-state index >= 15 is 0 Å². The van der Waals surface area contributed by atoms with Gasteiger partial charge in [-0.05, 0) is 31.2 Å². The highest BCUT2D eigenvalue weighted by Gasteiger charge is 2.22. The number of anilines is 1. The van der Waals surface area contributed by atoms with Gasteiger partial charge in [-0.3, -0.25) is 24.5 Å². The number of carbonyl (C=O) groups is 3. The molecule has 2 N–H and O–H groups in total. The Morgan fingerprint density at radius 1 is 1.14 bits per heavy atom. The van der Waals surface area contributed by atoms with Crippen molar-refractivity contribution in [1.82, 2.24) is 5.32 Å². The minimum absolute atomic E-state index is 0.0169. The molecule has 2 rings (SSSR count). The molecule has 2 amide bonds. The molecule has 0 spiro atoms. The lowest BCUT2D eigenvalue weighted by molar-refractivity contribution is -0.383. The summed E-state index contributed by atoms with van der Waals surface area (Å²) in [7, 11) is 1.46. The topological polar surface area (TPSA) is 137 Å². The van der Waals surface area contributed by atoms with Crippen molar-refractivity contribution in [3.63, 3.8) is 0 Å². The molecule has 1 atom stereocenters. The lowest BCUT2D eigenvalue weighted by Gasteiger charge is -2.14. The summed E-state index contributed by atoms with van der Waals surface area (Å²) in [5.41, 5.74) is -0.0130. The molecule has 2 aromatic carbocycles. The van der Waals surface area contributed by atoms with E-state index in [9.17, 15) is 24.5 Å². The molecular weight excluding hydrogens is 382 g/mol. The molecule has 0 aliphatic rings. The Hall–Kier alpha value is -3.95. The van der Waals surface area contributed by atoms with Crippen LogP contribution in [-0.2, 0) is 14.3 Å². The van der Waals surface area contributed by atoms with Crippen molar-refractivity contribution in [2.45, 2.75) is 13.0 Å². The first kappa shape index (κ1) is 21.4. The van der Waals surface area contributed by atoms with Gasteiger partial charge < -0.3 is 20.1 Å². The normalized spacial score (nSPS) is 11.1. The summed E-state index contributed by atoms with van der Waals surface area (Å²) in [5, 5.41) is 15.7. The van der Waals surface area contributed by atoms with E-state index in [0.717, 1.165) is 0 Å². The van der Waals surface area contributed by atoms with Crippen LogP contribution >= 0.6 is 0 Å². The predicted molar refractivity (Wildman–Crippen MR) is 103 cm³/mol. The van der Waals surface area contributed by atoms with Gasteiger partial charge in [0.1, 0.15) is 18.0 Å². The third kappa shape index (κ3) is 6.03. The smallest absolute Gasteiger partial charge is 0.326 e. The number of nitrogens with one attached hydrogen (secondary N) is 2. The lowest BCUT2D eigenvalue weighted by Crippen LogP contribution is -2.35. The Morgan fingerprint density at radius 2 is 1.86 bits per heavy atom. The SMILES string of the molecule is COc1cccc(C(=O)NCC(=O)O[C@H](C)C(=O)Nc2ccccc2[N+](=O)[O-])c1. The van der Waals surface area contributed by atoms with Gasteiger partial charge in [0.05, 0.1) is 12.0 Å². The maximum Gasteiger partial charge on any atom is 0.326 e. The maximum absolute atomic E-state index is 12.1. The summed E-state index contributed by atoms with van der Waals surface area (Å²) in [6.45, 7) is 0.852. The Kier molecular flexibility index (Phi) is 7.24. The molecule has 10 nitrogen and oxygen atoms in total. The van der Waals surface area contributed by atoms with Gasteiger partial charge in [0.25, 0.3) is 17.5 Å². The Balaban J connectivity index is 1.87. The number of methoxy groups -OCH3 is 1. The van der Waals surface area contributed by atoms with E-state index < -0.39 is 35.4 Å². The summed E-state index contributed by atoms with van der Waals surface area (Å²) < 4.78 is 9.98. The number of hydrogen-bond donors (Lipinski definition) is 2. The molecule has 0 saturated heterocycles. The number of hydrogen-bond acceptors (Lipinski definition) is 7. The van der Waals surface area contributed by atoms with E-state index in [0.29, 0.717) is 11.3 Å². The highest BCUT2D eigenvalue weighted by molar-refractivity contribution is 5.98. The molecule has 0 aliphatic heterocycles. The standard InChI is InChI=1S/C19H19N3O7/c1-12(18(24)21-15-8-3-4-9-16(15)22(26)27)29-17(23)11-20-19(25)13-6-5-7-14(10-13)28-2/h3-10,12H,11H2,1-2H3,(H,20,25)(H,21,24)/t12-/m1/s1. The Morgan fingerprint density at radius 3 is 2.55 bits per heavy atom. The van der Waals surface area contributed by atoms with Crippen molar-refractivity contribution in [2.75, 3.05) is 19.0 Å². The number of rotatable bonds is 8. The number of amides is 2. The predicted octanol–water partition coefficient (Wildman–Crippen LogP) is 1.90. The van der Waals surface area contributed by atoms with E-state index in [4.69, 9.17) is 9.47 Å². The zero-order chi connectivity index (χ0) is 21.4. The van der Waals surface area contributed by atoms with Gasteiger partial charge in [-0.1, -0.05) is 18.2 Å². The molecule has 0 radical (unpaired) electrons. The van der Waals surface area contributed by atoms with Crippen molar-refractivity contribution in [2.24, 2.45) is 0 Å². The zero-order valence-electron chi connectivity index (χ0n) is 15.7. The first-order valence-electron chi connectivity index (χ1n) is 8.48. The van der Waals surface area contributed by atoms with Gasteiger partial charge in [-0.15, -0.1) is 0 Å². The first-order valence-corrected chi connectivity index (χ1v) is 8.48. The van der Waals surface area contributed by atoms with E-state index in [2.05, 4.69) is 10.6 Å². The minimum Gasteiger partial charge on any atom is -0.497 e. The molecule has 0 aromatic heterocycles. The summed E-state index contributed by atoms with van der Waals surface area (Å²) in [6.07, 6.45) is -1.23. The molecule has 0 saturated carbocycles. The molecule has 152 valence electrons. The third-order valence-corrected chi connectivity index (χ3v) is 3.76. The van der Waals surface area contributed by atoms with Gasteiger partial charge in [-0.25, -0.2) is 0 Å². The lowest BCUT2D eigenvalue weighted by atomic mass is 10.2.